The van der Waals surface area contributed by atoms with Gasteiger partial charge in [-0.3, -0.25) is 9.36 Å². The number of unbranched alkanes of at least 4 members (excludes halogenated alkanes) is 1. The van der Waals surface area contributed by atoms with Crippen LogP contribution in [0.2, 0.25) is 0 Å². The molecule has 2 atom stereocenters. The highest BCUT2D eigenvalue weighted by molar-refractivity contribution is 8.00. The monoisotopic (exact) mass is 339 g/mol. The third-order valence-corrected chi connectivity index (χ3v) is 4.97. The summed E-state index contributed by atoms with van der Waals surface area (Å²) in [6, 6.07) is 2.15. The first-order chi connectivity index (χ1) is 10.7. The minimum absolute atomic E-state index is 0.0123. The molecule has 128 valence electrons. The van der Waals surface area contributed by atoms with Crippen LogP contribution in [0.5, 0.6) is 0 Å². The quantitative estimate of drug-likeness (QED) is 0.704. The maximum atomic E-state index is 12.4. The lowest BCUT2D eigenvalue weighted by Crippen LogP contribution is -2.51. The van der Waals surface area contributed by atoms with Gasteiger partial charge in [0.15, 0.2) is 5.16 Å². The Hall–Kier alpha value is -1.75. The fourth-order valence-corrected chi connectivity index (χ4v) is 2.66. The Balaban J connectivity index is 2.80. The zero-order chi connectivity index (χ0) is 17.6. The van der Waals surface area contributed by atoms with Crippen LogP contribution >= 0.6 is 11.8 Å². The maximum Gasteiger partial charge on any atom is 0.343 e. The number of hydrogen-bond donors (Lipinski definition) is 2. The van der Waals surface area contributed by atoms with E-state index in [0.717, 1.165) is 12.8 Å². The van der Waals surface area contributed by atoms with Gasteiger partial charge in [-0.25, -0.2) is 9.89 Å². The van der Waals surface area contributed by atoms with Crippen molar-refractivity contribution in [2.75, 3.05) is 0 Å². The fourth-order valence-electron chi connectivity index (χ4n) is 1.78. The van der Waals surface area contributed by atoms with Crippen LogP contribution < -0.4 is 11.0 Å². The normalized spacial score (nSPS) is 15.0. The number of H-pyrrole nitrogens is 1. The Morgan fingerprint density at radius 1 is 1.52 bits per heavy atom. The van der Waals surface area contributed by atoms with Gasteiger partial charge in [-0.15, -0.1) is 5.10 Å². The van der Waals surface area contributed by atoms with Crippen LogP contribution in [0, 0.1) is 17.2 Å². The number of carbonyl (C=O) groups is 1. The van der Waals surface area contributed by atoms with Gasteiger partial charge in [-0.1, -0.05) is 39.0 Å². The van der Waals surface area contributed by atoms with Crippen molar-refractivity contribution in [3.63, 3.8) is 0 Å². The van der Waals surface area contributed by atoms with E-state index in [-0.39, 0.29) is 17.5 Å². The standard InChI is InChI=1S/C15H25N5O2S/c1-6-7-8-20-13(22)18-19-14(20)23-11(4)12(21)17-15(5,9-16)10(2)3/h10-11H,6-8H2,1-5H3,(H,17,21)(H,18,22). The third-order valence-electron chi connectivity index (χ3n) is 3.88. The van der Waals surface area contributed by atoms with Crippen LogP contribution in [0.3, 0.4) is 0 Å². The molecule has 23 heavy (non-hydrogen) atoms. The van der Waals surface area contributed by atoms with Gasteiger partial charge in [0.1, 0.15) is 5.54 Å². The van der Waals surface area contributed by atoms with Crippen molar-refractivity contribution in [1.82, 2.24) is 20.1 Å². The van der Waals surface area contributed by atoms with Crippen LogP contribution in [-0.4, -0.2) is 31.5 Å². The maximum absolute atomic E-state index is 12.4. The van der Waals surface area contributed by atoms with Crippen molar-refractivity contribution >= 4 is 17.7 Å². The average molecular weight is 339 g/mol. The summed E-state index contributed by atoms with van der Waals surface area (Å²) >= 11 is 1.21. The predicted molar refractivity (Wildman–Crippen MR) is 90.1 cm³/mol. The summed E-state index contributed by atoms with van der Waals surface area (Å²) in [6.45, 7) is 9.84. The SMILES string of the molecule is CCCCn1c(SC(C)C(=O)NC(C)(C#N)C(C)C)n[nH]c1=O. The first kappa shape index (κ1) is 19.3. The highest BCUT2D eigenvalue weighted by atomic mass is 32.2. The largest absolute Gasteiger partial charge is 0.343 e. The molecule has 0 aromatic carbocycles. The lowest BCUT2D eigenvalue weighted by Gasteiger charge is -2.28. The summed E-state index contributed by atoms with van der Waals surface area (Å²) in [5.41, 5.74) is -1.18. The topological polar surface area (TPSA) is 104 Å². The number of aromatic nitrogens is 3. The number of amides is 1. The molecule has 0 saturated carbocycles. The second-order valence-electron chi connectivity index (χ2n) is 6.03. The van der Waals surface area contributed by atoms with Crippen LogP contribution in [0.25, 0.3) is 0 Å². The van der Waals surface area contributed by atoms with E-state index in [0.29, 0.717) is 11.7 Å². The van der Waals surface area contributed by atoms with Crippen molar-refractivity contribution in [2.45, 2.75) is 70.0 Å². The molecule has 0 aliphatic rings. The lowest BCUT2D eigenvalue weighted by molar-refractivity contribution is -0.121. The number of carbonyl (C=O) groups excluding carboxylic acids is 1. The van der Waals surface area contributed by atoms with E-state index in [1.54, 1.807) is 18.4 Å². The molecule has 2 unspecified atom stereocenters. The van der Waals surface area contributed by atoms with Crippen molar-refractivity contribution in [3.8, 4) is 6.07 Å². The van der Waals surface area contributed by atoms with Crippen LogP contribution in [-0.2, 0) is 11.3 Å². The predicted octanol–water partition coefficient (Wildman–Crippen LogP) is 1.91. The third kappa shape index (κ3) is 4.86. The second-order valence-corrected chi connectivity index (χ2v) is 7.34. The highest BCUT2D eigenvalue weighted by Gasteiger charge is 2.32. The Morgan fingerprint density at radius 3 is 2.70 bits per heavy atom. The zero-order valence-corrected chi connectivity index (χ0v) is 15.2. The van der Waals surface area contributed by atoms with Crippen molar-refractivity contribution in [2.24, 2.45) is 5.92 Å². The first-order valence-corrected chi connectivity index (χ1v) is 8.68. The summed E-state index contributed by atoms with van der Waals surface area (Å²) in [4.78, 5) is 24.1. The Bertz CT molecular complexity index is 631. The number of nitrogens with one attached hydrogen (secondary N) is 2. The number of rotatable bonds is 8. The van der Waals surface area contributed by atoms with Gasteiger partial charge >= 0.3 is 5.69 Å². The number of nitriles is 1. The van der Waals surface area contributed by atoms with Crippen molar-refractivity contribution in [1.29, 1.82) is 5.26 Å². The molecule has 1 amide bonds. The smallest absolute Gasteiger partial charge is 0.337 e. The van der Waals surface area contributed by atoms with Gasteiger partial charge in [0.25, 0.3) is 0 Å². The molecule has 1 heterocycles. The second kappa shape index (κ2) is 8.20. The zero-order valence-electron chi connectivity index (χ0n) is 14.3. The molecule has 0 radical (unpaired) electrons. The van der Waals surface area contributed by atoms with E-state index in [1.165, 1.54) is 11.8 Å². The number of hydrogen-bond acceptors (Lipinski definition) is 5. The van der Waals surface area contributed by atoms with Gasteiger partial charge in [-0.2, -0.15) is 5.26 Å². The number of thioether (sulfide) groups is 1. The van der Waals surface area contributed by atoms with E-state index in [2.05, 4.69) is 21.6 Å². The summed E-state index contributed by atoms with van der Waals surface area (Å²) in [7, 11) is 0. The molecule has 0 fully saturated rings. The molecular weight excluding hydrogens is 314 g/mol. The molecule has 0 aliphatic carbocycles. The number of nitrogens with zero attached hydrogens (tertiary/aromatic N) is 3. The fraction of sp³-hybridized carbons (Fsp3) is 0.733. The van der Waals surface area contributed by atoms with Crippen LogP contribution in [0.4, 0.5) is 0 Å². The van der Waals surface area contributed by atoms with Crippen LogP contribution in [0.15, 0.2) is 9.95 Å². The Kier molecular flexibility index (Phi) is 6.88. The van der Waals surface area contributed by atoms with E-state index in [1.807, 2.05) is 20.8 Å². The average Bonchev–Trinajstić information content (AvgIpc) is 2.84. The minimum atomic E-state index is -0.917. The Morgan fingerprint density at radius 2 is 2.17 bits per heavy atom. The molecule has 1 aromatic heterocycles. The lowest BCUT2D eigenvalue weighted by atomic mass is 9.90. The molecule has 2 N–H and O–H groups in total. The minimum Gasteiger partial charge on any atom is -0.337 e. The molecule has 0 bridgehead atoms. The van der Waals surface area contributed by atoms with E-state index >= 15 is 0 Å². The Labute approximate surface area is 140 Å². The van der Waals surface area contributed by atoms with E-state index in [4.69, 9.17) is 0 Å². The summed E-state index contributed by atoms with van der Waals surface area (Å²) in [6.07, 6.45) is 1.83. The van der Waals surface area contributed by atoms with Gasteiger partial charge in [0.05, 0.1) is 11.3 Å². The van der Waals surface area contributed by atoms with Gasteiger partial charge in [0, 0.05) is 6.54 Å². The van der Waals surface area contributed by atoms with Gasteiger partial charge in [-0.05, 0) is 26.2 Å². The van der Waals surface area contributed by atoms with Crippen molar-refractivity contribution < 1.29 is 4.79 Å². The summed E-state index contributed by atoms with van der Waals surface area (Å²) in [5.74, 6) is -0.257. The van der Waals surface area contributed by atoms with E-state index in [9.17, 15) is 14.9 Å². The molecule has 1 aromatic rings. The first-order valence-electron chi connectivity index (χ1n) is 7.80. The van der Waals surface area contributed by atoms with Crippen molar-refractivity contribution in [3.05, 3.63) is 10.5 Å². The molecule has 0 spiro atoms. The molecule has 0 aliphatic heterocycles. The summed E-state index contributed by atoms with van der Waals surface area (Å²) in [5, 5.41) is 18.5. The highest BCUT2D eigenvalue weighted by Crippen LogP contribution is 2.22. The molecule has 0 saturated heterocycles. The summed E-state index contributed by atoms with van der Waals surface area (Å²) < 4.78 is 1.55. The number of aromatic amines is 1. The van der Waals surface area contributed by atoms with E-state index < -0.39 is 10.8 Å². The van der Waals surface area contributed by atoms with Crippen LogP contribution in [0.1, 0.15) is 47.5 Å². The van der Waals surface area contributed by atoms with Gasteiger partial charge in [0.2, 0.25) is 5.91 Å². The molecular formula is C15H25N5O2S. The van der Waals surface area contributed by atoms with Gasteiger partial charge < -0.3 is 5.32 Å². The molecule has 7 nitrogen and oxygen atoms in total. The molecule has 1 rings (SSSR count). The molecule has 8 heteroatoms.